The highest BCUT2D eigenvalue weighted by atomic mass is 16.4. The van der Waals surface area contributed by atoms with Gasteiger partial charge in [-0.15, -0.1) is 0 Å². The van der Waals surface area contributed by atoms with Crippen LogP contribution in [-0.4, -0.2) is 44.7 Å². The van der Waals surface area contributed by atoms with Gasteiger partial charge in [0.15, 0.2) is 6.10 Å². The summed E-state index contributed by atoms with van der Waals surface area (Å²) in [7, 11) is 0. The quantitative estimate of drug-likeness (QED) is 0.571. The highest BCUT2D eigenvalue weighted by Crippen LogP contribution is 2.68. The van der Waals surface area contributed by atoms with Gasteiger partial charge in [0.25, 0.3) is 0 Å². The number of hydrogen-bond acceptors (Lipinski definition) is 4. The molecular formula is C24H40O5. The average Bonchev–Trinajstić information content (AvgIpc) is 3.00. The average molecular weight is 409 g/mol. The maximum Gasteiger partial charge on any atom is 0.332 e. The lowest BCUT2D eigenvalue weighted by Crippen LogP contribution is -2.58. The van der Waals surface area contributed by atoms with Gasteiger partial charge < -0.3 is 20.4 Å². The first kappa shape index (κ1) is 21.6. The number of aliphatic hydroxyl groups is 3. The maximum atomic E-state index is 11.2. The monoisotopic (exact) mass is 408 g/mol. The second-order valence-corrected chi connectivity index (χ2v) is 11.5. The molecular weight excluding hydrogens is 368 g/mol. The molecule has 4 saturated carbocycles. The van der Waals surface area contributed by atoms with Gasteiger partial charge in [-0.25, -0.2) is 4.79 Å². The SMILES string of the molecule is C[C@H](C[C@H](O)C(=O)O)[C@H]1CC[C@H]2[C@@H]3[C@@H](O)C[C@@H]4C[C@H](O)CC[C@]4(C)[C@H]3CC[C@]12C. The largest absolute Gasteiger partial charge is 0.479 e. The third-order valence-electron chi connectivity index (χ3n) is 10.3. The van der Waals surface area contributed by atoms with Crippen LogP contribution in [-0.2, 0) is 4.79 Å². The van der Waals surface area contributed by atoms with E-state index in [2.05, 4.69) is 20.8 Å². The number of aliphatic carboxylic acids is 1. The van der Waals surface area contributed by atoms with Gasteiger partial charge in [-0.05, 0) is 104 Å². The Balaban J connectivity index is 1.56. The zero-order valence-electron chi connectivity index (χ0n) is 18.3. The molecule has 0 bridgehead atoms. The Labute approximate surface area is 174 Å². The Bertz CT molecular complexity index is 637. The minimum absolute atomic E-state index is 0.122. The lowest BCUT2D eigenvalue weighted by molar-refractivity contribution is -0.174. The Morgan fingerprint density at radius 3 is 2.34 bits per heavy atom. The number of fused-ring (bicyclic) bond motifs is 5. The fourth-order valence-corrected chi connectivity index (χ4v) is 8.79. The van der Waals surface area contributed by atoms with Crippen LogP contribution < -0.4 is 0 Å². The Kier molecular flexibility index (Phi) is 5.57. The van der Waals surface area contributed by atoms with Gasteiger partial charge in [-0.2, -0.15) is 0 Å². The van der Waals surface area contributed by atoms with E-state index in [0.29, 0.717) is 36.0 Å². The van der Waals surface area contributed by atoms with Gasteiger partial charge in [0.05, 0.1) is 12.2 Å². The molecule has 0 aliphatic heterocycles. The molecule has 0 aromatic heterocycles. The van der Waals surface area contributed by atoms with Crippen molar-refractivity contribution in [2.75, 3.05) is 0 Å². The van der Waals surface area contributed by atoms with Gasteiger partial charge in [0, 0.05) is 0 Å². The van der Waals surface area contributed by atoms with E-state index in [1.165, 1.54) is 0 Å². The Hall–Kier alpha value is -0.650. The standard InChI is InChI=1S/C24H40O5/c1-13(10-20(27)22(28)29)16-4-5-17-21-18(7-9-24(16,17)3)23(2)8-6-15(25)11-14(23)12-19(21)26/h13-21,25-27H,4-12H2,1-3H3,(H,28,29)/t13-,14+,15-,16-,17+,18+,19+,20+,21+,23+,24-/m1/s1. The van der Waals surface area contributed by atoms with Crippen LogP contribution in [0.4, 0.5) is 0 Å². The van der Waals surface area contributed by atoms with Crippen LogP contribution >= 0.6 is 0 Å². The van der Waals surface area contributed by atoms with Crippen molar-refractivity contribution in [3.8, 4) is 0 Å². The molecule has 166 valence electrons. The molecule has 4 N–H and O–H groups in total. The van der Waals surface area contributed by atoms with E-state index in [1.54, 1.807) is 0 Å². The van der Waals surface area contributed by atoms with Crippen molar-refractivity contribution < 1.29 is 25.2 Å². The first-order chi connectivity index (χ1) is 13.6. The number of hydrogen-bond donors (Lipinski definition) is 4. The van der Waals surface area contributed by atoms with E-state index in [-0.39, 0.29) is 29.0 Å². The predicted molar refractivity (Wildman–Crippen MR) is 110 cm³/mol. The third kappa shape index (κ3) is 3.36. The molecule has 29 heavy (non-hydrogen) atoms. The summed E-state index contributed by atoms with van der Waals surface area (Å²) in [6, 6.07) is 0. The van der Waals surface area contributed by atoms with Crippen LogP contribution in [0.15, 0.2) is 0 Å². The van der Waals surface area contributed by atoms with Crippen LogP contribution in [0.3, 0.4) is 0 Å². The first-order valence-corrected chi connectivity index (χ1v) is 11.8. The smallest absolute Gasteiger partial charge is 0.332 e. The molecule has 4 aliphatic carbocycles. The second-order valence-electron chi connectivity index (χ2n) is 11.5. The molecule has 0 radical (unpaired) electrons. The van der Waals surface area contributed by atoms with Crippen molar-refractivity contribution in [2.24, 2.45) is 46.3 Å². The number of carboxylic acids is 1. The van der Waals surface area contributed by atoms with Crippen molar-refractivity contribution in [2.45, 2.75) is 96.9 Å². The Morgan fingerprint density at radius 2 is 1.66 bits per heavy atom. The van der Waals surface area contributed by atoms with Crippen LogP contribution in [0.2, 0.25) is 0 Å². The van der Waals surface area contributed by atoms with E-state index in [9.17, 15) is 20.1 Å². The highest BCUT2D eigenvalue weighted by Gasteiger charge is 2.62. The van der Waals surface area contributed by atoms with Gasteiger partial charge in [0.2, 0.25) is 0 Å². The maximum absolute atomic E-state index is 11.2. The topological polar surface area (TPSA) is 98.0 Å². The molecule has 5 heteroatoms. The van der Waals surface area contributed by atoms with Crippen molar-refractivity contribution in [3.05, 3.63) is 0 Å². The van der Waals surface area contributed by atoms with Gasteiger partial charge in [0.1, 0.15) is 0 Å². The molecule has 0 aromatic carbocycles. The number of aliphatic hydroxyl groups excluding tert-OH is 3. The van der Waals surface area contributed by atoms with Crippen molar-refractivity contribution in [1.82, 2.24) is 0 Å². The van der Waals surface area contributed by atoms with Gasteiger partial charge in [-0.3, -0.25) is 0 Å². The number of carboxylic acid groups (broad SMARTS) is 1. The molecule has 0 aromatic rings. The van der Waals surface area contributed by atoms with E-state index in [0.717, 1.165) is 51.4 Å². The number of rotatable bonds is 4. The lowest BCUT2D eigenvalue weighted by atomic mass is 9.43. The summed E-state index contributed by atoms with van der Waals surface area (Å²) in [5, 5.41) is 40.5. The van der Waals surface area contributed by atoms with E-state index < -0.39 is 12.1 Å². The number of carbonyl (C=O) groups is 1. The molecule has 0 heterocycles. The van der Waals surface area contributed by atoms with Crippen LogP contribution in [0.25, 0.3) is 0 Å². The first-order valence-electron chi connectivity index (χ1n) is 11.8. The summed E-state index contributed by atoms with van der Waals surface area (Å²) >= 11 is 0. The summed E-state index contributed by atoms with van der Waals surface area (Å²) in [5.74, 6) is 1.22. The zero-order chi connectivity index (χ0) is 21.1. The second kappa shape index (κ2) is 7.49. The Morgan fingerprint density at radius 1 is 1.00 bits per heavy atom. The summed E-state index contributed by atoms with van der Waals surface area (Å²) < 4.78 is 0. The molecule has 4 aliphatic rings. The summed E-state index contributed by atoms with van der Waals surface area (Å²) in [6.07, 6.45) is 6.60. The summed E-state index contributed by atoms with van der Waals surface area (Å²) in [5.41, 5.74) is 0.352. The minimum atomic E-state index is -1.28. The molecule has 4 fully saturated rings. The van der Waals surface area contributed by atoms with Crippen LogP contribution in [0.5, 0.6) is 0 Å². The zero-order valence-corrected chi connectivity index (χ0v) is 18.3. The molecule has 4 rings (SSSR count). The fourth-order valence-electron chi connectivity index (χ4n) is 8.79. The van der Waals surface area contributed by atoms with E-state index in [4.69, 9.17) is 5.11 Å². The van der Waals surface area contributed by atoms with Crippen LogP contribution in [0.1, 0.15) is 78.6 Å². The minimum Gasteiger partial charge on any atom is -0.479 e. The van der Waals surface area contributed by atoms with E-state index >= 15 is 0 Å². The molecule has 11 atom stereocenters. The van der Waals surface area contributed by atoms with Crippen molar-refractivity contribution in [1.29, 1.82) is 0 Å². The molecule has 0 unspecified atom stereocenters. The third-order valence-corrected chi connectivity index (χ3v) is 10.3. The highest BCUT2D eigenvalue weighted by molar-refractivity contribution is 5.71. The molecule has 0 amide bonds. The van der Waals surface area contributed by atoms with Crippen LogP contribution in [0, 0.1) is 46.3 Å². The van der Waals surface area contributed by atoms with Crippen molar-refractivity contribution >= 4 is 5.97 Å². The normalized spacial score (nSPS) is 51.4. The molecule has 0 saturated heterocycles. The molecule has 0 spiro atoms. The summed E-state index contributed by atoms with van der Waals surface area (Å²) in [6.45, 7) is 6.91. The van der Waals surface area contributed by atoms with E-state index in [1.807, 2.05) is 0 Å². The fraction of sp³-hybridized carbons (Fsp3) is 0.958. The predicted octanol–water partition coefficient (Wildman–Crippen LogP) is 3.45. The summed E-state index contributed by atoms with van der Waals surface area (Å²) in [4.78, 5) is 11.1. The van der Waals surface area contributed by atoms with Gasteiger partial charge in [-0.1, -0.05) is 20.8 Å². The molecule has 5 nitrogen and oxygen atoms in total. The lowest BCUT2D eigenvalue weighted by Gasteiger charge is -2.62. The van der Waals surface area contributed by atoms with Crippen molar-refractivity contribution in [3.63, 3.8) is 0 Å². The van der Waals surface area contributed by atoms with Gasteiger partial charge >= 0.3 is 5.97 Å².